The highest BCUT2D eigenvalue weighted by Crippen LogP contribution is 2.14. The van der Waals surface area contributed by atoms with Crippen LogP contribution < -0.4 is 5.32 Å². The summed E-state index contributed by atoms with van der Waals surface area (Å²) in [6, 6.07) is 3.00. The molecule has 3 nitrogen and oxygen atoms in total. The second kappa shape index (κ2) is 7.72. The number of hydrogen-bond acceptors (Lipinski definition) is 2. The van der Waals surface area contributed by atoms with Gasteiger partial charge in [0.1, 0.15) is 0 Å². The van der Waals surface area contributed by atoms with Gasteiger partial charge in [-0.1, -0.05) is 20.8 Å². The molecule has 1 heterocycles. The number of rotatable bonds is 8. The summed E-state index contributed by atoms with van der Waals surface area (Å²) in [5.74, 6) is 0.657. The Hall–Kier alpha value is -0.540. The lowest BCUT2D eigenvalue weighted by Gasteiger charge is -2.13. The third kappa shape index (κ3) is 4.32. The standard InChI is InChI=1S/C13H24ClN3/c1-4-11(9-14)15-10-12-7-8-17(16-12)13(5-2)6-3/h7-8,11,13,15H,4-6,9-10H2,1-3H3. The van der Waals surface area contributed by atoms with E-state index in [-0.39, 0.29) is 0 Å². The van der Waals surface area contributed by atoms with Crippen LogP contribution >= 0.6 is 11.6 Å². The van der Waals surface area contributed by atoms with Gasteiger partial charge in [-0.3, -0.25) is 4.68 Å². The summed E-state index contributed by atoms with van der Waals surface area (Å²) >= 11 is 5.85. The Balaban J connectivity index is 2.50. The quantitative estimate of drug-likeness (QED) is 0.724. The zero-order valence-electron chi connectivity index (χ0n) is 11.1. The summed E-state index contributed by atoms with van der Waals surface area (Å²) in [5.41, 5.74) is 1.10. The molecule has 0 saturated carbocycles. The van der Waals surface area contributed by atoms with Crippen molar-refractivity contribution in [3.8, 4) is 0 Å². The van der Waals surface area contributed by atoms with Crippen molar-refractivity contribution in [2.45, 2.75) is 58.7 Å². The van der Waals surface area contributed by atoms with E-state index in [0.29, 0.717) is 18.0 Å². The van der Waals surface area contributed by atoms with E-state index in [1.807, 2.05) is 0 Å². The molecule has 0 radical (unpaired) electrons. The van der Waals surface area contributed by atoms with E-state index in [2.05, 4.69) is 48.1 Å². The Labute approximate surface area is 110 Å². The van der Waals surface area contributed by atoms with Crippen molar-refractivity contribution >= 4 is 11.6 Å². The smallest absolute Gasteiger partial charge is 0.0762 e. The van der Waals surface area contributed by atoms with Crippen LogP contribution in [0.25, 0.3) is 0 Å². The van der Waals surface area contributed by atoms with Gasteiger partial charge in [-0.2, -0.15) is 5.10 Å². The summed E-state index contributed by atoms with van der Waals surface area (Å²) in [7, 11) is 0. The first kappa shape index (κ1) is 14.5. The van der Waals surface area contributed by atoms with Crippen LogP contribution in [-0.2, 0) is 6.54 Å². The maximum atomic E-state index is 5.85. The van der Waals surface area contributed by atoms with Gasteiger partial charge in [0.15, 0.2) is 0 Å². The van der Waals surface area contributed by atoms with Gasteiger partial charge in [0.05, 0.1) is 11.7 Å². The van der Waals surface area contributed by atoms with Gasteiger partial charge in [0.2, 0.25) is 0 Å². The third-order valence-corrected chi connectivity index (χ3v) is 3.60. The fourth-order valence-electron chi connectivity index (χ4n) is 1.89. The maximum Gasteiger partial charge on any atom is 0.0762 e. The topological polar surface area (TPSA) is 29.9 Å². The molecule has 0 bridgehead atoms. The highest BCUT2D eigenvalue weighted by Gasteiger charge is 2.09. The van der Waals surface area contributed by atoms with Crippen LogP contribution in [0.15, 0.2) is 12.3 Å². The first-order valence-electron chi connectivity index (χ1n) is 6.58. The van der Waals surface area contributed by atoms with Gasteiger partial charge in [-0.25, -0.2) is 0 Å². The molecule has 1 unspecified atom stereocenters. The second-order valence-electron chi connectivity index (χ2n) is 4.40. The van der Waals surface area contributed by atoms with E-state index >= 15 is 0 Å². The van der Waals surface area contributed by atoms with Crippen molar-refractivity contribution < 1.29 is 0 Å². The first-order chi connectivity index (χ1) is 8.24. The largest absolute Gasteiger partial charge is 0.307 e. The number of nitrogens with zero attached hydrogens (tertiary/aromatic N) is 2. The van der Waals surface area contributed by atoms with E-state index < -0.39 is 0 Å². The Morgan fingerprint density at radius 3 is 2.53 bits per heavy atom. The fourth-order valence-corrected chi connectivity index (χ4v) is 2.22. The summed E-state index contributed by atoms with van der Waals surface area (Å²) in [6.45, 7) is 7.35. The maximum absolute atomic E-state index is 5.85. The first-order valence-corrected chi connectivity index (χ1v) is 7.11. The van der Waals surface area contributed by atoms with Crippen molar-refractivity contribution in [1.82, 2.24) is 15.1 Å². The Morgan fingerprint density at radius 2 is 2.00 bits per heavy atom. The highest BCUT2D eigenvalue weighted by atomic mass is 35.5. The van der Waals surface area contributed by atoms with Crippen molar-refractivity contribution in [2.24, 2.45) is 0 Å². The molecule has 0 aliphatic heterocycles. The SMILES string of the molecule is CCC(CCl)NCc1ccn(C(CC)CC)n1. The van der Waals surface area contributed by atoms with Gasteiger partial charge >= 0.3 is 0 Å². The molecule has 4 heteroatoms. The van der Waals surface area contributed by atoms with Gasteiger partial charge < -0.3 is 5.32 Å². The number of hydrogen-bond donors (Lipinski definition) is 1. The molecule has 1 aromatic rings. The van der Waals surface area contributed by atoms with Crippen molar-refractivity contribution in [2.75, 3.05) is 5.88 Å². The summed E-state index contributed by atoms with van der Waals surface area (Å²) in [6.07, 6.45) is 5.39. The Morgan fingerprint density at radius 1 is 1.29 bits per heavy atom. The zero-order chi connectivity index (χ0) is 12.7. The molecule has 0 aromatic carbocycles. The number of alkyl halides is 1. The van der Waals surface area contributed by atoms with Crippen LogP contribution in [0.3, 0.4) is 0 Å². The summed E-state index contributed by atoms with van der Waals surface area (Å²) in [5, 5.41) is 8.02. The van der Waals surface area contributed by atoms with Crippen LogP contribution in [0.1, 0.15) is 51.8 Å². The third-order valence-electron chi connectivity index (χ3n) is 3.23. The average molecular weight is 258 g/mol. The van der Waals surface area contributed by atoms with E-state index in [1.165, 1.54) is 0 Å². The molecule has 0 aliphatic carbocycles. The van der Waals surface area contributed by atoms with E-state index in [4.69, 9.17) is 11.6 Å². The van der Waals surface area contributed by atoms with E-state index in [9.17, 15) is 0 Å². The van der Waals surface area contributed by atoms with Crippen molar-refractivity contribution in [3.63, 3.8) is 0 Å². The van der Waals surface area contributed by atoms with Gasteiger partial charge in [0, 0.05) is 24.7 Å². The van der Waals surface area contributed by atoms with E-state index in [1.54, 1.807) is 0 Å². The summed E-state index contributed by atoms with van der Waals surface area (Å²) in [4.78, 5) is 0. The number of aromatic nitrogens is 2. The predicted molar refractivity (Wildman–Crippen MR) is 73.5 cm³/mol. The van der Waals surface area contributed by atoms with Gasteiger partial charge in [-0.15, -0.1) is 11.6 Å². The number of halogens is 1. The molecule has 0 amide bonds. The second-order valence-corrected chi connectivity index (χ2v) is 4.71. The molecule has 1 N–H and O–H groups in total. The lowest BCUT2D eigenvalue weighted by atomic mass is 10.2. The minimum atomic E-state index is 0.384. The van der Waals surface area contributed by atoms with Crippen LogP contribution in [0.2, 0.25) is 0 Å². The zero-order valence-corrected chi connectivity index (χ0v) is 11.9. The molecule has 0 saturated heterocycles. The van der Waals surface area contributed by atoms with Crippen LogP contribution in [0.4, 0.5) is 0 Å². The molecule has 1 atom stereocenters. The summed E-state index contributed by atoms with van der Waals surface area (Å²) < 4.78 is 2.08. The lowest BCUT2D eigenvalue weighted by molar-refractivity contribution is 0.422. The minimum absolute atomic E-state index is 0.384. The molecular weight excluding hydrogens is 234 g/mol. The van der Waals surface area contributed by atoms with E-state index in [0.717, 1.165) is 31.5 Å². The molecule has 1 aromatic heterocycles. The number of nitrogens with one attached hydrogen (secondary N) is 1. The molecule has 17 heavy (non-hydrogen) atoms. The molecule has 1 rings (SSSR count). The average Bonchev–Trinajstić information content (AvgIpc) is 2.81. The Bertz CT molecular complexity index is 303. The lowest BCUT2D eigenvalue weighted by Crippen LogP contribution is -2.29. The molecule has 0 spiro atoms. The molecule has 0 aliphatic rings. The minimum Gasteiger partial charge on any atom is -0.307 e. The van der Waals surface area contributed by atoms with Crippen molar-refractivity contribution in [3.05, 3.63) is 18.0 Å². The van der Waals surface area contributed by atoms with Gasteiger partial charge in [0.25, 0.3) is 0 Å². The van der Waals surface area contributed by atoms with Crippen LogP contribution in [-0.4, -0.2) is 21.7 Å². The highest BCUT2D eigenvalue weighted by molar-refractivity contribution is 6.18. The molecular formula is C13H24ClN3. The van der Waals surface area contributed by atoms with Crippen LogP contribution in [0, 0.1) is 0 Å². The molecule has 0 fully saturated rings. The predicted octanol–water partition coefficient (Wildman–Crippen LogP) is 3.35. The van der Waals surface area contributed by atoms with Crippen molar-refractivity contribution in [1.29, 1.82) is 0 Å². The molecule has 98 valence electrons. The van der Waals surface area contributed by atoms with Gasteiger partial charge in [-0.05, 0) is 25.3 Å². The fraction of sp³-hybridized carbons (Fsp3) is 0.769. The van der Waals surface area contributed by atoms with Crippen LogP contribution in [0.5, 0.6) is 0 Å². The Kier molecular flexibility index (Phi) is 6.60. The normalized spacial score (nSPS) is 13.2. The monoisotopic (exact) mass is 257 g/mol.